The Labute approximate surface area is 613 Å². The van der Waals surface area contributed by atoms with Crippen LogP contribution in [0.3, 0.4) is 0 Å². The Morgan fingerprint density at radius 2 is 0.480 bits per heavy atom. The Morgan fingerprint density at radius 3 is 0.710 bits per heavy atom. The third kappa shape index (κ3) is 73.0. The second-order valence-electron chi connectivity index (χ2n) is 29.4. The molecule has 19 heteroatoms. The van der Waals surface area contributed by atoms with Gasteiger partial charge in [0.25, 0.3) is 0 Å². The summed E-state index contributed by atoms with van der Waals surface area (Å²) in [7, 11) is -9.91. The van der Waals surface area contributed by atoms with E-state index in [1.54, 1.807) is 0 Å². The summed E-state index contributed by atoms with van der Waals surface area (Å²) in [6.45, 7) is 7.35. The summed E-state index contributed by atoms with van der Waals surface area (Å²) < 4.78 is 68.5. The van der Waals surface area contributed by atoms with E-state index in [0.717, 1.165) is 95.8 Å². The lowest BCUT2D eigenvalue weighted by molar-refractivity contribution is -0.161. The zero-order valence-corrected chi connectivity index (χ0v) is 67.1. The summed E-state index contributed by atoms with van der Waals surface area (Å²) >= 11 is 0. The zero-order valence-electron chi connectivity index (χ0n) is 65.3. The molecule has 6 atom stereocenters. The Hall–Kier alpha value is -1.94. The molecule has 0 spiro atoms. The van der Waals surface area contributed by atoms with Crippen molar-refractivity contribution in [3.63, 3.8) is 0 Å². The van der Waals surface area contributed by atoms with Crippen LogP contribution in [0.5, 0.6) is 0 Å². The molecule has 0 saturated heterocycles. The van der Waals surface area contributed by atoms with Crippen molar-refractivity contribution in [1.29, 1.82) is 0 Å². The number of aliphatic hydroxyl groups excluding tert-OH is 1. The van der Waals surface area contributed by atoms with Crippen molar-refractivity contribution < 1.29 is 80.2 Å². The SMILES string of the molecule is CCCCCCCCCCCCCCCCCCCCCCC(=O)OC[C@H](COP(=O)(O)OC[C@@H](O)COP(=O)(O)OC[C@@H](COC(=O)CCCCCCCCCCC)OC(=O)CCCCCCCCCCC)OC(=O)CCCCCCCCCCCCCCCCCCCCC(C)CC. The lowest BCUT2D eigenvalue weighted by Gasteiger charge is -2.21. The molecule has 0 aliphatic heterocycles. The maximum atomic E-state index is 13.1. The first-order chi connectivity index (χ1) is 48.6. The normalized spacial score (nSPS) is 14.1. The Balaban J connectivity index is 5.15. The van der Waals surface area contributed by atoms with E-state index in [-0.39, 0.29) is 25.7 Å². The Kier molecular flexibility index (Phi) is 72.5. The van der Waals surface area contributed by atoms with Gasteiger partial charge in [-0.1, -0.05) is 381 Å². The van der Waals surface area contributed by atoms with Crippen LogP contribution in [0.2, 0.25) is 0 Å². The first kappa shape index (κ1) is 98.1. The Bertz CT molecular complexity index is 1910. The minimum Gasteiger partial charge on any atom is -0.462 e. The molecule has 0 saturated carbocycles. The minimum atomic E-state index is -4.96. The van der Waals surface area contributed by atoms with Crippen LogP contribution in [-0.4, -0.2) is 96.7 Å². The molecule has 0 radical (unpaired) electrons. The fourth-order valence-corrected chi connectivity index (χ4v) is 14.1. The van der Waals surface area contributed by atoms with Gasteiger partial charge >= 0.3 is 39.5 Å². The van der Waals surface area contributed by atoms with Gasteiger partial charge in [0, 0.05) is 25.7 Å². The van der Waals surface area contributed by atoms with Gasteiger partial charge in [-0.3, -0.25) is 37.3 Å². The van der Waals surface area contributed by atoms with Gasteiger partial charge in [0.2, 0.25) is 0 Å². The summed E-state index contributed by atoms with van der Waals surface area (Å²) in [5.74, 6) is -1.24. The van der Waals surface area contributed by atoms with Gasteiger partial charge in [0.1, 0.15) is 19.3 Å². The highest BCUT2D eigenvalue weighted by Crippen LogP contribution is 2.45. The van der Waals surface area contributed by atoms with Crippen molar-refractivity contribution >= 4 is 39.5 Å². The zero-order chi connectivity index (χ0) is 73.4. The number of aliphatic hydroxyl groups is 1. The van der Waals surface area contributed by atoms with Crippen LogP contribution >= 0.6 is 15.6 Å². The second kappa shape index (κ2) is 73.9. The number of carbonyl (C=O) groups excluding carboxylic acids is 4. The number of carbonyl (C=O) groups is 4. The number of unbranched alkanes of at least 4 members (excludes halogenated alkanes) is 52. The number of phosphoric acid groups is 2. The number of hydrogen-bond donors (Lipinski definition) is 3. The van der Waals surface area contributed by atoms with E-state index in [0.29, 0.717) is 25.7 Å². The number of rotatable bonds is 81. The van der Waals surface area contributed by atoms with Crippen molar-refractivity contribution in [2.24, 2.45) is 5.92 Å². The minimum absolute atomic E-state index is 0.106. The molecule has 0 aromatic rings. The van der Waals surface area contributed by atoms with E-state index < -0.39 is 97.5 Å². The molecule has 594 valence electrons. The summed E-state index contributed by atoms with van der Waals surface area (Å²) in [5.41, 5.74) is 0. The summed E-state index contributed by atoms with van der Waals surface area (Å²) in [6, 6.07) is 0. The second-order valence-corrected chi connectivity index (χ2v) is 32.3. The Morgan fingerprint density at radius 1 is 0.280 bits per heavy atom. The maximum Gasteiger partial charge on any atom is 0.472 e. The highest BCUT2D eigenvalue weighted by Gasteiger charge is 2.30. The molecule has 0 bridgehead atoms. The fraction of sp³-hybridized carbons (Fsp3) is 0.951. The summed E-state index contributed by atoms with van der Waals surface area (Å²) in [5, 5.41) is 10.6. The fourth-order valence-electron chi connectivity index (χ4n) is 12.6. The van der Waals surface area contributed by atoms with Crippen LogP contribution in [0.1, 0.15) is 433 Å². The summed E-state index contributed by atoms with van der Waals surface area (Å²) in [6.07, 6.45) is 65.4. The predicted octanol–water partition coefficient (Wildman–Crippen LogP) is 24.4. The summed E-state index contributed by atoms with van der Waals surface area (Å²) in [4.78, 5) is 72.8. The van der Waals surface area contributed by atoms with Gasteiger partial charge in [0.15, 0.2) is 12.2 Å². The number of hydrogen-bond acceptors (Lipinski definition) is 15. The first-order valence-corrected chi connectivity index (χ1v) is 45.2. The number of esters is 4. The molecule has 0 aromatic heterocycles. The third-order valence-corrected chi connectivity index (χ3v) is 21.3. The molecular weight excluding hydrogens is 1310 g/mol. The van der Waals surface area contributed by atoms with Crippen molar-refractivity contribution in [1.82, 2.24) is 0 Å². The van der Waals surface area contributed by atoms with Crippen LogP contribution in [-0.2, 0) is 65.4 Å². The van der Waals surface area contributed by atoms with Gasteiger partial charge in [-0.2, -0.15) is 0 Å². The van der Waals surface area contributed by atoms with E-state index in [2.05, 4.69) is 34.6 Å². The lowest BCUT2D eigenvalue weighted by atomic mass is 9.99. The smallest absolute Gasteiger partial charge is 0.462 e. The molecule has 17 nitrogen and oxygen atoms in total. The van der Waals surface area contributed by atoms with Crippen LogP contribution < -0.4 is 0 Å². The average molecular weight is 1470 g/mol. The van der Waals surface area contributed by atoms with Gasteiger partial charge in [0.05, 0.1) is 26.4 Å². The quantitative estimate of drug-likeness (QED) is 0.0222. The highest BCUT2D eigenvalue weighted by molar-refractivity contribution is 7.47. The molecule has 100 heavy (non-hydrogen) atoms. The third-order valence-electron chi connectivity index (χ3n) is 19.4. The van der Waals surface area contributed by atoms with Crippen molar-refractivity contribution in [2.45, 2.75) is 451 Å². The van der Waals surface area contributed by atoms with Crippen LogP contribution in [0, 0.1) is 5.92 Å². The molecule has 0 aliphatic carbocycles. The van der Waals surface area contributed by atoms with Crippen molar-refractivity contribution in [3.8, 4) is 0 Å². The van der Waals surface area contributed by atoms with Crippen LogP contribution in [0.15, 0.2) is 0 Å². The van der Waals surface area contributed by atoms with Gasteiger partial charge in [-0.25, -0.2) is 9.13 Å². The van der Waals surface area contributed by atoms with E-state index in [4.69, 9.17) is 37.0 Å². The standard InChI is InChI=1S/C81H158O17P2/c1-6-10-13-16-19-22-23-24-25-26-27-28-32-35-38-41-46-50-55-60-65-79(84)92-71-77(98-81(86)67-62-57-52-47-42-39-36-33-30-29-31-34-37-40-45-48-53-58-63-74(5)9-4)73-96-100(89,90)94-69-75(82)68-93-99(87,88)95-72-76(97-80(85)66-61-56-51-44-21-18-15-12-8-3)70-91-78(83)64-59-54-49-43-20-17-14-11-7-2/h74-77,82H,6-73H2,1-5H3,(H,87,88)(H,89,90)/t74?,75-,76+,77+/m0/s1. The number of ether oxygens (including phenoxy) is 4. The first-order valence-electron chi connectivity index (χ1n) is 42.2. The van der Waals surface area contributed by atoms with Gasteiger partial charge in [-0.15, -0.1) is 0 Å². The topological polar surface area (TPSA) is 237 Å². The molecule has 0 amide bonds. The highest BCUT2D eigenvalue weighted by atomic mass is 31.2. The predicted molar refractivity (Wildman–Crippen MR) is 409 cm³/mol. The van der Waals surface area contributed by atoms with Gasteiger partial charge in [-0.05, 0) is 31.6 Å². The molecular formula is C81H158O17P2. The molecule has 0 rings (SSSR count). The molecule has 0 aliphatic rings. The molecule has 3 N–H and O–H groups in total. The maximum absolute atomic E-state index is 13.1. The largest absolute Gasteiger partial charge is 0.472 e. The van der Waals surface area contributed by atoms with Crippen LogP contribution in [0.4, 0.5) is 0 Å². The van der Waals surface area contributed by atoms with E-state index in [1.165, 1.54) is 257 Å². The van der Waals surface area contributed by atoms with E-state index in [1.807, 2.05) is 0 Å². The number of phosphoric ester groups is 2. The monoisotopic (exact) mass is 1470 g/mol. The van der Waals surface area contributed by atoms with E-state index >= 15 is 0 Å². The van der Waals surface area contributed by atoms with Crippen molar-refractivity contribution in [3.05, 3.63) is 0 Å². The van der Waals surface area contributed by atoms with E-state index in [9.17, 15) is 43.2 Å². The average Bonchev–Trinajstić information content (AvgIpc) is 0.950. The molecule has 0 fully saturated rings. The molecule has 0 heterocycles. The molecule has 3 unspecified atom stereocenters. The van der Waals surface area contributed by atoms with Gasteiger partial charge < -0.3 is 33.8 Å². The van der Waals surface area contributed by atoms with Crippen molar-refractivity contribution in [2.75, 3.05) is 39.6 Å². The lowest BCUT2D eigenvalue weighted by Crippen LogP contribution is -2.30. The van der Waals surface area contributed by atoms with Crippen LogP contribution in [0.25, 0.3) is 0 Å². The molecule has 0 aromatic carbocycles.